The van der Waals surface area contributed by atoms with Crippen molar-refractivity contribution < 1.29 is 24.6 Å². The highest BCUT2D eigenvalue weighted by Gasteiger charge is 2.21. The number of aliphatic carboxylic acids is 2. The summed E-state index contributed by atoms with van der Waals surface area (Å²) in [6, 6.07) is 5.23. The van der Waals surface area contributed by atoms with Crippen LogP contribution in [0.3, 0.4) is 0 Å². The van der Waals surface area contributed by atoms with E-state index >= 15 is 0 Å². The fourth-order valence-corrected chi connectivity index (χ4v) is 3.12. The Kier molecular flexibility index (Phi) is 6.96. The van der Waals surface area contributed by atoms with Crippen LogP contribution in [0.25, 0.3) is 11.2 Å². The summed E-state index contributed by atoms with van der Waals surface area (Å²) in [6.07, 6.45) is 1.03. The Morgan fingerprint density at radius 1 is 1.12 bits per heavy atom. The van der Waals surface area contributed by atoms with Gasteiger partial charge >= 0.3 is 11.9 Å². The van der Waals surface area contributed by atoms with E-state index in [9.17, 15) is 19.5 Å². The Bertz CT molecular complexity index is 1200. The van der Waals surface area contributed by atoms with Gasteiger partial charge in [0, 0.05) is 24.7 Å². The number of aryl methyl sites for hydroxylation is 1. The second kappa shape index (κ2) is 9.85. The molecule has 1 aromatic carbocycles. The fourth-order valence-electron chi connectivity index (χ4n) is 3.12. The van der Waals surface area contributed by atoms with E-state index in [0.717, 1.165) is 5.69 Å². The molecule has 33 heavy (non-hydrogen) atoms. The lowest BCUT2D eigenvalue weighted by Gasteiger charge is -2.19. The molecule has 0 aliphatic carbocycles. The molecule has 3 aromatic rings. The molecule has 2 heterocycles. The average Bonchev–Trinajstić information content (AvgIpc) is 2.76. The Labute approximate surface area is 188 Å². The van der Waals surface area contributed by atoms with Gasteiger partial charge in [-0.25, -0.2) is 24.7 Å². The zero-order chi connectivity index (χ0) is 24.1. The van der Waals surface area contributed by atoms with Crippen LogP contribution >= 0.6 is 0 Å². The Morgan fingerprint density at radius 2 is 1.82 bits per heavy atom. The minimum absolute atomic E-state index is 0.209. The summed E-state index contributed by atoms with van der Waals surface area (Å²) in [5, 5.41) is 20.3. The molecule has 0 fully saturated rings. The van der Waals surface area contributed by atoms with Gasteiger partial charge in [0.15, 0.2) is 17.0 Å². The molecule has 0 saturated carbocycles. The number of carboxylic acids is 2. The number of fused-ring (bicyclic) bond motifs is 1. The maximum atomic E-state index is 12.4. The number of anilines is 2. The molecule has 1 atom stereocenters. The second-order valence-corrected chi connectivity index (χ2v) is 7.39. The molecule has 5 N–H and O–H groups in total. The summed E-state index contributed by atoms with van der Waals surface area (Å²) in [5.74, 6) is -2.26. The second-order valence-electron chi connectivity index (χ2n) is 7.39. The maximum Gasteiger partial charge on any atom is 0.326 e. The van der Waals surface area contributed by atoms with Crippen LogP contribution in [-0.2, 0) is 16.1 Å². The molecule has 0 saturated heterocycles. The minimum Gasteiger partial charge on any atom is -0.481 e. The molecule has 0 spiro atoms. The van der Waals surface area contributed by atoms with Gasteiger partial charge in [0.1, 0.15) is 11.9 Å². The van der Waals surface area contributed by atoms with Crippen molar-refractivity contribution in [2.75, 3.05) is 17.7 Å². The molecular weight excluding hydrogens is 430 g/mol. The van der Waals surface area contributed by atoms with E-state index in [0.29, 0.717) is 29.2 Å². The number of benzene rings is 1. The van der Waals surface area contributed by atoms with Crippen LogP contribution in [0.1, 0.15) is 34.7 Å². The van der Waals surface area contributed by atoms with E-state index in [-0.39, 0.29) is 24.2 Å². The van der Waals surface area contributed by atoms with Crippen molar-refractivity contribution in [1.29, 1.82) is 0 Å². The van der Waals surface area contributed by atoms with Gasteiger partial charge in [-0.1, -0.05) is 0 Å². The number of amides is 1. The summed E-state index contributed by atoms with van der Waals surface area (Å²) < 4.78 is 0. The van der Waals surface area contributed by atoms with Crippen molar-refractivity contribution in [1.82, 2.24) is 25.3 Å². The van der Waals surface area contributed by atoms with Crippen molar-refractivity contribution in [3.8, 4) is 0 Å². The van der Waals surface area contributed by atoms with E-state index in [2.05, 4.69) is 25.3 Å². The summed E-state index contributed by atoms with van der Waals surface area (Å²) in [7, 11) is 1.84. The Balaban J connectivity index is 1.67. The third kappa shape index (κ3) is 5.87. The summed E-state index contributed by atoms with van der Waals surface area (Å²) in [4.78, 5) is 53.3. The fraction of sp³-hybridized carbons (Fsp3) is 0.286. The van der Waals surface area contributed by atoms with Gasteiger partial charge in [0.05, 0.1) is 18.4 Å². The Morgan fingerprint density at radius 3 is 2.45 bits per heavy atom. The van der Waals surface area contributed by atoms with Crippen LogP contribution in [0.2, 0.25) is 0 Å². The topological polar surface area (TPSA) is 185 Å². The van der Waals surface area contributed by atoms with E-state index in [1.807, 2.05) is 11.9 Å². The summed E-state index contributed by atoms with van der Waals surface area (Å²) >= 11 is 0. The van der Waals surface area contributed by atoms with Crippen LogP contribution in [0.5, 0.6) is 0 Å². The molecule has 0 radical (unpaired) electrons. The highest BCUT2D eigenvalue weighted by molar-refractivity contribution is 5.97. The lowest BCUT2D eigenvalue weighted by molar-refractivity contribution is -0.140. The Hall–Kier alpha value is -4.35. The minimum atomic E-state index is -1.29. The number of hydrogen-bond donors (Lipinski definition) is 4. The van der Waals surface area contributed by atoms with E-state index in [4.69, 9.17) is 10.8 Å². The van der Waals surface area contributed by atoms with E-state index < -0.39 is 23.9 Å². The normalized spacial score (nSPS) is 11.7. The first-order valence-corrected chi connectivity index (χ1v) is 9.96. The van der Waals surface area contributed by atoms with E-state index in [1.165, 1.54) is 0 Å². The van der Waals surface area contributed by atoms with Crippen molar-refractivity contribution >= 4 is 40.5 Å². The molecule has 12 nitrogen and oxygen atoms in total. The number of nitrogen functional groups attached to an aromatic ring is 1. The molecule has 0 unspecified atom stereocenters. The van der Waals surface area contributed by atoms with Gasteiger partial charge < -0.3 is 26.2 Å². The van der Waals surface area contributed by atoms with E-state index in [1.54, 1.807) is 37.4 Å². The molecule has 1 amide bonds. The zero-order valence-electron chi connectivity index (χ0n) is 18.0. The molecule has 3 rings (SSSR count). The van der Waals surface area contributed by atoms with Crippen molar-refractivity contribution in [3.05, 3.63) is 47.5 Å². The van der Waals surface area contributed by atoms with Crippen LogP contribution in [-0.4, -0.2) is 61.1 Å². The number of carbonyl (C=O) groups is 3. The predicted octanol–water partition coefficient (Wildman–Crippen LogP) is 0.995. The van der Waals surface area contributed by atoms with Crippen LogP contribution in [0.15, 0.2) is 30.5 Å². The number of carbonyl (C=O) groups excluding carboxylic acids is 1. The molecule has 0 aliphatic heterocycles. The van der Waals surface area contributed by atoms with Crippen LogP contribution < -0.4 is 16.0 Å². The molecule has 172 valence electrons. The van der Waals surface area contributed by atoms with Crippen LogP contribution in [0, 0.1) is 6.92 Å². The first-order valence-electron chi connectivity index (χ1n) is 9.96. The average molecular weight is 453 g/mol. The maximum absolute atomic E-state index is 12.4. The third-order valence-electron chi connectivity index (χ3n) is 4.82. The molecule has 12 heteroatoms. The van der Waals surface area contributed by atoms with Gasteiger partial charge in [0.25, 0.3) is 5.91 Å². The van der Waals surface area contributed by atoms with Gasteiger partial charge in [-0.3, -0.25) is 9.59 Å². The molecule has 0 aliphatic rings. The standard InChI is InChI=1S/C21H23N7O5/c1-11-24-18(22)17-19(25-11)23-9-13(26-17)10-28(2)14-5-3-12(4-6-14)20(31)27-15(21(32)33)7-8-16(29)30/h3-6,9,15H,7-8,10H2,1-2H3,(H,27,31)(H,29,30)(H,32,33)(H2,22,23,24,25)/t15-/m1/s1. The molecule has 2 aromatic heterocycles. The predicted molar refractivity (Wildman–Crippen MR) is 119 cm³/mol. The first-order chi connectivity index (χ1) is 15.6. The largest absolute Gasteiger partial charge is 0.481 e. The SMILES string of the molecule is Cc1nc(N)c2nc(CN(C)c3ccc(C(=O)N[C@H](CCC(=O)O)C(=O)O)cc3)cnc2n1. The number of hydrogen-bond acceptors (Lipinski definition) is 9. The van der Waals surface area contributed by atoms with Crippen molar-refractivity contribution in [2.24, 2.45) is 0 Å². The summed E-state index contributed by atoms with van der Waals surface area (Å²) in [5.41, 5.74) is 8.45. The zero-order valence-corrected chi connectivity index (χ0v) is 18.0. The number of carboxylic acid groups (broad SMARTS) is 2. The smallest absolute Gasteiger partial charge is 0.326 e. The number of nitrogens with zero attached hydrogens (tertiary/aromatic N) is 5. The summed E-state index contributed by atoms with van der Waals surface area (Å²) in [6.45, 7) is 2.12. The number of rotatable bonds is 9. The quantitative estimate of drug-likeness (QED) is 0.362. The van der Waals surface area contributed by atoms with Crippen molar-refractivity contribution in [3.63, 3.8) is 0 Å². The number of nitrogens with one attached hydrogen (secondary N) is 1. The lowest BCUT2D eigenvalue weighted by atomic mass is 10.1. The molecule has 0 bridgehead atoms. The van der Waals surface area contributed by atoms with Gasteiger partial charge in [-0.05, 0) is 37.6 Å². The van der Waals surface area contributed by atoms with Gasteiger partial charge in [-0.2, -0.15) is 0 Å². The van der Waals surface area contributed by atoms with Gasteiger partial charge in [-0.15, -0.1) is 0 Å². The highest BCUT2D eigenvalue weighted by Crippen LogP contribution is 2.18. The molecular formula is C21H23N7O5. The van der Waals surface area contributed by atoms with Gasteiger partial charge in [0.2, 0.25) is 0 Å². The van der Waals surface area contributed by atoms with Crippen LogP contribution in [0.4, 0.5) is 11.5 Å². The lowest BCUT2D eigenvalue weighted by Crippen LogP contribution is -2.41. The number of aromatic nitrogens is 4. The monoisotopic (exact) mass is 453 g/mol. The third-order valence-corrected chi connectivity index (χ3v) is 4.82. The van der Waals surface area contributed by atoms with Crippen molar-refractivity contribution in [2.45, 2.75) is 32.4 Å². The highest BCUT2D eigenvalue weighted by atomic mass is 16.4. The number of nitrogens with two attached hydrogens (primary N) is 1. The first kappa shape index (κ1) is 23.3.